The average Bonchev–Trinajstić information content (AvgIpc) is 3.03. The number of piperidine rings is 1. The molecule has 4 rings (SSSR count). The van der Waals surface area contributed by atoms with Gasteiger partial charge in [0.1, 0.15) is 6.17 Å². The number of nitrogens with zero attached hydrogens (tertiary/aromatic N) is 2. The Kier molecular flexibility index (Phi) is 5.57. The first-order chi connectivity index (χ1) is 10.9. The van der Waals surface area contributed by atoms with Crippen molar-refractivity contribution in [1.29, 1.82) is 0 Å². The molecule has 1 fully saturated rings. The number of hydroxylamine groups is 1. The standard InChI is InChI=1S/C18H25N3O.ClH/c1-4-11-21(12-5-1)13-17-19-18(20-22-17)16-10-6-8-14-7-2-3-9-15(14)16;/h2-3,7,9,16,18,20H,1,4-6,8,10-13H2;1H. The molecule has 2 unspecified atom stereocenters. The Labute approximate surface area is 144 Å². The molecule has 5 heteroatoms. The third kappa shape index (κ3) is 3.70. The first-order valence-electron chi connectivity index (χ1n) is 8.69. The molecule has 0 amide bonds. The van der Waals surface area contributed by atoms with Crippen LogP contribution in [0.5, 0.6) is 0 Å². The van der Waals surface area contributed by atoms with Crippen molar-refractivity contribution in [3.63, 3.8) is 0 Å². The largest absolute Gasteiger partial charge is 0.390 e. The fourth-order valence-electron chi connectivity index (χ4n) is 4.01. The van der Waals surface area contributed by atoms with E-state index in [0.29, 0.717) is 5.92 Å². The van der Waals surface area contributed by atoms with Gasteiger partial charge in [0.2, 0.25) is 5.90 Å². The molecule has 1 aliphatic carbocycles. The Morgan fingerprint density at radius 2 is 1.96 bits per heavy atom. The van der Waals surface area contributed by atoms with Crippen molar-refractivity contribution >= 4 is 18.3 Å². The van der Waals surface area contributed by atoms with Crippen LogP contribution in [0.4, 0.5) is 0 Å². The first kappa shape index (κ1) is 16.7. The van der Waals surface area contributed by atoms with Crippen LogP contribution in [-0.2, 0) is 11.3 Å². The number of fused-ring (bicyclic) bond motifs is 1. The van der Waals surface area contributed by atoms with E-state index in [1.807, 2.05) is 0 Å². The highest BCUT2D eigenvalue weighted by atomic mass is 35.5. The molecule has 0 bridgehead atoms. The highest BCUT2D eigenvalue weighted by Crippen LogP contribution is 2.35. The van der Waals surface area contributed by atoms with Gasteiger partial charge in [-0.1, -0.05) is 30.7 Å². The monoisotopic (exact) mass is 335 g/mol. The number of nitrogens with one attached hydrogen (secondary N) is 1. The lowest BCUT2D eigenvalue weighted by Crippen LogP contribution is -2.35. The molecule has 2 atom stereocenters. The van der Waals surface area contributed by atoms with Gasteiger partial charge in [-0.2, -0.15) is 0 Å². The van der Waals surface area contributed by atoms with Crippen molar-refractivity contribution in [3.8, 4) is 0 Å². The number of rotatable bonds is 3. The molecule has 1 N–H and O–H groups in total. The molecule has 2 heterocycles. The Balaban J connectivity index is 0.00000156. The maximum Gasteiger partial charge on any atom is 0.225 e. The summed E-state index contributed by atoms with van der Waals surface area (Å²) in [6.07, 6.45) is 7.70. The van der Waals surface area contributed by atoms with Crippen LogP contribution in [0.3, 0.4) is 0 Å². The first-order valence-corrected chi connectivity index (χ1v) is 8.69. The minimum Gasteiger partial charge on any atom is -0.390 e. The summed E-state index contributed by atoms with van der Waals surface area (Å²) in [5.74, 6) is 1.32. The van der Waals surface area contributed by atoms with Crippen LogP contribution in [0, 0.1) is 0 Å². The Morgan fingerprint density at radius 3 is 2.83 bits per heavy atom. The summed E-state index contributed by atoms with van der Waals surface area (Å²) in [4.78, 5) is 13.0. The lowest BCUT2D eigenvalue weighted by Gasteiger charge is -2.27. The summed E-state index contributed by atoms with van der Waals surface area (Å²) >= 11 is 0. The summed E-state index contributed by atoms with van der Waals surface area (Å²) in [5, 5.41) is 0. The van der Waals surface area contributed by atoms with Crippen LogP contribution in [0.25, 0.3) is 0 Å². The van der Waals surface area contributed by atoms with E-state index in [2.05, 4.69) is 34.6 Å². The van der Waals surface area contributed by atoms with Gasteiger partial charge in [-0.25, -0.2) is 4.99 Å². The third-order valence-corrected chi connectivity index (χ3v) is 5.19. The molecule has 1 aromatic carbocycles. The summed E-state index contributed by atoms with van der Waals surface area (Å²) in [5.41, 5.74) is 6.12. The molecule has 0 aromatic heterocycles. The number of aliphatic imine (C=N–C) groups is 1. The maximum atomic E-state index is 5.69. The van der Waals surface area contributed by atoms with Crippen LogP contribution in [0.15, 0.2) is 29.3 Å². The average molecular weight is 336 g/mol. The lowest BCUT2D eigenvalue weighted by atomic mass is 9.81. The summed E-state index contributed by atoms with van der Waals surface area (Å²) in [6, 6.07) is 8.81. The number of likely N-dealkylation sites (tertiary alicyclic amines) is 1. The van der Waals surface area contributed by atoms with E-state index in [4.69, 9.17) is 9.83 Å². The summed E-state index contributed by atoms with van der Waals surface area (Å²) in [6.45, 7) is 3.22. The summed E-state index contributed by atoms with van der Waals surface area (Å²) < 4.78 is 0. The lowest BCUT2D eigenvalue weighted by molar-refractivity contribution is 0.148. The van der Waals surface area contributed by atoms with Gasteiger partial charge in [-0.3, -0.25) is 4.90 Å². The SMILES string of the molecule is Cl.c1ccc2c(c1)CCCC2C1N=C(CN2CCCCC2)ON1. The normalized spacial score (nSPS) is 27.6. The molecule has 4 nitrogen and oxygen atoms in total. The highest BCUT2D eigenvalue weighted by Gasteiger charge is 2.32. The summed E-state index contributed by atoms with van der Waals surface area (Å²) in [7, 11) is 0. The predicted octanol–water partition coefficient (Wildman–Crippen LogP) is 3.27. The fraction of sp³-hybridized carbons (Fsp3) is 0.611. The highest BCUT2D eigenvalue weighted by molar-refractivity contribution is 5.85. The van der Waals surface area contributed by atoms with Gasteiger partial charge in [0.15, 0.2) is 0 Å². The van der Waals surface area contributed by atoms with Gasteiger partial charge in [0.25, 0.3) is 0 Å². The van der Waals surface area contributed by atoms with E-state index in [9.17, 15) is 0 Å². The van der Waals surface area contributed by atoms with E-state index in [1.54, 1.807) is 0 Å². The van der Waals surface area contributed by atoms with Crippen LogP contribution < -0.4 is 5.48 Å². The topological polar surface area (TPSA) is 36.9 Å². The Hall–Kier alpha value is -1.10. The fourth-order valence-corrected chi connectivity index (χ4v) is 4.01. The smallest absolute Gasteiger partial charge is 0.225 e. The van der Waals surface area contributed by atoms with Crippen LogP contribution in [-0.4, -0.2) is 36.6 Å². The molecule has 0 spiro atoms. The van der Waals surface area contributed by atoms with Crippen molar-refractivity contribution in [2.24, 2.45) is 4.99 Å². The zero-order valence-electron chi connectivity index (χ0n) is 13.5. The molecule has 23 heavy (non-hydrogen) atoms. The molecule has 1 aromatic rings. The molecular formula is C18H26ClN3O. The van der Waals surface area contributed by atoms with E-state index >= 15 is 0 Å². The van der Waals surface area contributed by atoms with E-state index in [0.717, 1.165) is 12.4 Å². The second kappa shape index (κ2) is 7.65. The minimum absolute atomic E-state index is 0. The predicted molar refractivity (Wildman–Crippen MR) is 95.1 cm³/mol. The molecule has 0 saturated carbocycles. The van der Waals surface area contributed by atoms with E-state index < -0.39 is 0 Å². The maximum absolute atomic E-state index is 5.69. The second-order valence-electron chi connectivity index (χ2n) is 6.72. The van der Waals surface area contributed by atoms with Gasteiger partial charge in [-0.15, -0.1) is 17.9 Å². The van der Waals surface area contributed by atoms with Crippen molar-refractivity contribution in [2.45, 2.75) is 50.6 Å². The zero-order valence-corrected chi connectivity index (χ0v) is 14.4. The van der Waals surface area contributed by atoms with Gasteiger partial charge in [-0.05, 0) is 56.3 Å². The number of halogens is 1. The molecule has 2 aliphatic heterocycles. The number of hydrogen-bond acceptors (Lipinski definition) is 4. The number of hydrogen-bond donors (Lipinski definition) is 1. The van der Waals surface area contributed by atoms with Crippen LogP contribution in [0.2, 0.25) is 0 Å². The van der Waals surface area contributed by atoms with Gasteiger partial charge in [0, 0.05) is 5.92 Å². The molecule has 3 aliphatic rings. The second-order valence-corrected chi connectivity index (χ2v) is 6.72. The van der Waals surface area contributed by atoms with Gasteiger partial charge in [0.05, 0.1) is 6.54 Å². The Morgan fingerprint density at radius 1 is 1.13 bits per heavy atom. The van der Waals surface area contributed by atoms with Gasteiger partial charge < -0.3 is 4.84 Å². The third-order valence-electron chi connectivity index (χ3n) is 5.19. The molecular weight excluding hydrogens is 310 g/mol. The zero-order chi connectivity index (χ0) is 14.8. The number of aryl methyl sites for hydroxylation is 1. The van der Waals surface area contributed by atoms with E-state index in [1.165, 1.54) is 62.7 Å². The van der Waals surface area contributed by atoms with E-state index in [-0.39, 0.29) is 18.6 Å². The Bertz CT molecular complexity index is 557. The van der Waals surface area contributed by atoms with Crippen LogP contribution in [0.1, 0.15) is 49.1 Å². The van der Waals surface area contributed by atoms with Crippen LogP contribution >= 0.6 is 12.4 Å². The van der Waals surface area contributed by atoms with Crippen molar-refractivity contribution in [3.05, 3.63) is 35.4 Å². The van der Waals surface area contributed by atoms with Crippen molar-refractivity contribution in [2.75, 3.05) is 19.6 Å². The molecule has 0 radical (unpaired) electrons. The van der Waals surface area contributed by atoms with Gasteiger partial charge >= 0.3 is 0 Å². The molecule has 1 saturated heterocycles. The minimum atomic E-state index is 0. The quantitative estimate of drug-likeness (QED) is 0.921. The molecule has 126 valence electrons. The van der Waals surface area contributed by atoms with Crippen molar-refractivity contribution in [1.82, 2.24) is 10.4 Å². The van der Waals surface area contributed by atoms with Crippen molar-refractivity contribution < 1.29 is 4.84 Å². The number of benzene rings is 1.